The third-order valence-corrected chi connectivity index (χ3v) is 1.93. The van der Waals surface area contributed by atoms with E-state index in [0.29, 0.717) is 6.54 Å². The molecule has 0 amide bonds. The van der Waals surface area contributed by atoms with Crippen LogP contribution in [0, 0.1) is 0 Å². The first-order valence-corrected chi connectivity index (χ1v) is 4.82. The standard InChI is InChI=1S/C10H9N5O2/c16-9(17)8-3-5-11-10(14-8)12-6-7-2-1-4-13-15-7/h1-5H,6H2,(H,16,17)(H,11,12,14). The molecule has 0 atom stereocenters. The maximum Gasteiger partial charge on any atom is 0.354 e. The molecule has 0 unspecified atom stereocenters. The Bertz CT molecular complexity index is 517. The Labute approximate surface area is 96.6 Å². The molecule has 2 rings (SSSR count). The summed E-state index contributed by atoms with van der Waals surface area (Å²) in [6.45, 7) is 0.386. The van der Waals surface area contributed by atoms with Crippen LogP contribution in [0.4, 0.5) is 5.95 Å². The van der Waals surface area contributed by atoms with Gasteiger partial charge in [-0.1, -0.05) is 0 Å². The van der Waals surface area contributed by atoms with E-state index in [1.54, 1.807) is 18.3 Å². The summed E-state index contributed by atoms with van der Waals surface area (Å²) in [4.78, 5) is 18.4. The van der Waals surface area contributed by atoms with E-state index in [9.17, 15) is 4.79 Å². The van der Waals surface area contributed by atoms with Crippen molar-refractivity contribution in [2.75, 3.05) is 5.32 Å². The van der Waals surface area contributed by atoms with E-state index in [2.05, 4.69) is 25.5 Å². The summed E-state index contributed by atoms with van der Waals surface area (Å²) in [5.41, 5.74) is 0.665. The van der Waals surface area contributed by atoms with Gasteiger partial charge < -0.3 is 10.4 Å². The van der Waals surface area contributed by atoms with Gasteiger partial charge in [-0.3, -0.25) is 0 Å². The maximum atomic E-state index is 10.7. The first kappa shape index (κ1) is 10.9. The lowest BCUT2D eigenvalue weighted by Crippen LogP contribution is -2.08. The summed E-state index contributed by atoms with van der Waals surface area (Å²) in [5.74, 6) is -0.842. The predicted octanol–water partition coefficient (Wildman–Crippen LogP) is 0.577. The van der Waals surface area contributed by atoms with Crippen molar-refractivity contribution in [1.29, 1.82) is 0 Å². The van der Waals surface area contributed by atoms with E-state index < -0.39 is 5.97 Å². The van der Waals surface area contributed by atoms with Gasteiger partial charge in [-0.15, -0.1) is 0 Å². The Kier molecular flexibility index (Phi) is 3.20. The van der Waals surface area contributed by atoms with E-state index in [4.69, 9.17) is 5.11 Å². The van der Waals surface area contributed by atoms with E-state index >= 15 is 0 Å². The summed E-state index contributed by atoms with van der Waals surface area (Å²) in [5, 5.41) is 19.2. The first-order chi connectivity index (χ1) is 8.25. The molecule has 0 saturated heterocycles. The van der Waals surface area contributed by atoms with Crippen molar-refractivity contribution < 1.29 is 9.90 Å². The molecule has 0 aliphatic heterocycles. The predicted molar refractivity (Wildman–Crippen MR) is 58.4 cm³/mol. The molecule has 0 bridgehead atoms. The van der Waals surface area contributed by atoms with Gasteiger partial charge in [-0.25, -0.2) is 14.8 Å². The van der Waals surface area contributed by atoms with Crippen LogP contribution in [0.2, 0.25) is 0 Å². The third-order valence-electron chi connectivity index (χ3n) is 1.93. The molecule has 2 N–H and O–H groups in total. The summed E-state index contributed by atoms with van der Waals surface area (Å²) >= 11 is 0. The number of nitrogens with one attached hydrogen (secondary N) is 1. The molecule has 17 heavy (non-hydrogen) atoms. The Morgan fingerprint density at radius 2 is 2.24 bits per heavy atom. The number of nitrogens with zero attached hydrogens (tertiary/aromatic N) is 4. The first-order valence-electron chi connectivity index (χ1n) is 4.82. The Balaban J connectivity index is 2.04. The smallest absolute Gasteiger partial charge is 0.354 e. The average Bonchev–Trinajstić information content (AvgIpc) is 2.38. The monoisotopic (exact) mass is 231 g/mol. The lowest BCUT2D eigenvalue weighted by molar-refractivity contribution is 0.0690. The molecule has 7 nitrogen and oxygen atoms in total. The van der Waals surface area contributed by atoms with Crippen LogP contribution in [0.3, 0.4) is 0 Å². The van der Waals surface area contributed by atoms with Gasteiger partial charge in [-0.2, -0.15) is 10.2 Å². The fraction of sp³-hybridized carbons (Fsp3) is 0.100. The van der Waals surface area contributed by atoms with Crippen LogP contribution in [-0.2, 0) is 6.54 Å². The van der Waals surface area contributed by atoms with E-state index in [0.717, 1.165) is 5.69 Å². The molecule has 0 fully saturated rings. The molecule has 86 valence electrons. The van der Waals surface area contributed by atoms with Gasteiger partial charge in [0.15, 0.2) is 5.69 Å². The second-order valence-corrected chi connectivity index (χ2v) is 3.14. The lowest BCUT2D eigenvalue weighted by Gasteiger charge is -2.03. The number of rotatable bonds is 4. The van der Waals surface area contributed by atoms with E-state index in [1.165, 1.54) is 12.3 Å². The number of anilines is 1. The zero-order chi connectivity index (χ0) is 12.1. The highest BCUT2D eigenvalue weighted by atomic mass is 16.4. The molecule has 2 heterocycles. The Morgan fingerprint density at radius 3 is 2.94 bits per heavy atom. The van der Waals surface area contributed by atoms with Gasteiger partial charge in [-0.05, 0) is 18.2 Å². The molecular weight excluding hydrogens is 222 g/mol. The van der Waals surface area contributed by atoms with Crippen molar-refractivity contribution in [3.05, 3.63) is 42.0 Å². The Hall–Kier alpha value is -2.57. The number of hydrogen-bond donors (Lipinski definition) is 2. The van der Waals surface area contributed by atoms with Crippen molar-refractivity contribution >= 4 is 11.9 Å². The molecule has 2 aromatic rings. The number of carboxylic acids is 1. The van der Waals surface area contributed by atoms with Crippen molar-refractivity contribution in [2.45, 2.75) is 6.54 Å². The fourth-order valence-electron chi connectivity index (χ4n) is 1.16. The van der Waals surface area contributed by atoms with Crippen molar-refractivity contribution in [3.8, 4) is 0 Å². The van der Waals surface area contributed by atoms with Crippen molar-refractivity contribution in [1.82, 2.24) is 20.2 Å². The zero-order valence-corrected chi connectivity index (χ0v) is 8.74. The molecule has 0 aromatic carbocycles. The number of hydrogen-bond acceptors (Lipinski definition) is 6. The zero-order valence-electron chi connectivity index (χ0n) is 8.74. The Morgan fingerprint density at radius 1 is 1.35 bits per heavy atom. The van der Waals surface area contributed by atoms with E-state index in [-0.39, 0.29) is 11.6 Å². The van der Waals surface area contributed by atoms with Crippen LogP contribution in [0.1, 0.15) is 16.2 Å². The molecular formula is C10H9N5O2. The van der Waals surface area contributed by atoms with E-state index in [1.807, 2.05) is 0 Å². The minimum Gasteiger partial charge on any atom is -0.477 e. The SMILES string of the molecule is O=C(O)c1ccnc(NCc2cccnn2)n1. The second kappa shape index (κ2) is 4.97. The van der Waals surface area contributed by atoms with Crippen LogP contribution >= 0.6 is 0 Å². The molecule has 0 aliphatic carbocycles. The highest BCUT2D eigenvalue weighted by molar-refractivity contribution is 5.85. The molecule has 0 spiro atoms. The quantitative estimate of drug-likeness (QED) is 0.793. The van der Waals surface area contributed by atoms with Crippen LogP contribution < -0.4 is 5.32 Å². The number of carbonyl (C=O) groups is 1. The second-order valence-electron chi connectivity index (χ2n) is 3.14. The van der Waals surface area contributed by atoms with Crippen LogP contribution in [0.5, 0.6) is 0 Å². The van der Waals surface area contributed by atoms with Gasteiger partial charge >= 0.3 is 5.97 Å². The highest BCUT2D eigenvalue weighted by Gasteiger charge is 2.05. The molecule has 0 radical (unpaired) electrons. The molecule has 0 aliphatic rings. The van der Waals surface area contributed by atoms with Crippen LogP contribution in [0.25, 0.3) is 0 Å². The number of aromatic nitrogens is 4. The fourth-order valence-corrected chi connectivity index (χ4v) is 1.16. The average molecular weight is 231 g/mol. The summed E-state index contributed by atoms with van der Waals surface area (Å²) < 4.78 is 0. The van der Waals surface area contributed by atoms with Gasteiger partial charge in [0.2, 0.25) is 5.95 Å². The maximum absolute atomic E-state index is 10.7. The topological polar surface area (TPSA) is 101 Å². The molecule has 0 saturated carbocycles. The third kappa shape index (κ3) is 2.94. The van der Waals surface area contributed by atoms with Crippen molar-refractivity contribution in [3.63, 3.8) is 0 Å². The number of aromatic carboxylic acids is 1. The normalized spacial score (nSPS) is 9.88. The lowest BCUT2D eigenvalue weighted by atomic mass is 10.4. The minimum atomic E-state index is -1.09. The summed E-state index contributed by atoms with van der Waals surface area (Å²) in [6, 6.07) is 4.88. The van der Waals surface area contributed by atoms with Gasteiger partial charge in [0.25, 0.3) is 0 Å². The highest BCUT2D eigenvalue weighted by Crippen LogP contribution is 2.02. The van der Waals surface area contributed by atoms with Gasteiger partial charge in [0.05, 0.1) is 12.2 Å². The van der Waals surface area contributed by atoms with Gasteiger partial charge in [0.1, 0.15) is 0 Å². The summed E-state index contributed by atoms with van der Waals surface area (Å²) in [6.07, 6.45) is 2.96. The number of carboxylic acid groups (broad SMARTS) is 1. The van der Waals surface area contributed by atoms with Crippen molar-refractivity contribution in [2.24, 2.45) is 0 Å². The molecule has 7 heteroatoms. The summed E-state index contributed by atoms with van der Waals surface area (Å²) in [7, 11) is 0. The van der Waals surface area contributed by atoms with Crippen LogP contribution in [0.15, 0.2) is 30.6 Å². The minimum absolute atomic E-state index is 0.0540. The van der Waals surface area contributed by atoms with Crippen LogP contribution in [-0.4, -0.2) is 31.2 Å². The molecule has 2 aromatic heterocycles. The largest absolute Gasteiger partial charge is 0.477 e. The van der Waals surface area contributed by atoms with Gasteiger partial charge in [0, 0.05) is 12.4 Å².